The largest absolute Gasteiger partial charge is 0.497 e. The number of tetrazole rings is 1. The van der Waals surface area contributed by atoms with E-state index in [-0.39, 0.29) is 0 Å². The first kappa shape index (κ1) is 18.5. The number of methoxy groups -OCH3 is 4. The monoisotopic (exact) mass is 371 g/mol. The molecular formula is C18H21N5O4. The van der Waals surface area contributed by atoms with Gasteiger partial charge in [-0.3, -0.25) is 0 Å². The molecule has 0 saturated heterocycles. The van der Waals surface area contributed by atoms with Crippen molar-refractivity contribution in [3.05, 3.63) is 47.8 Å². The van der Waals surface area contributed by atoms with Crippen LogP contribution in [0, 0.1) is 0 Å². The molecule has 0 spiro atoms. The molecule has 1 unspecified atom stereocenters. The molecule has 9 heteroatoms. The van der Waals surface area contributed by atoms with Crippen LogP contribution in [0.3, 0.4) is 0 Å². The molecule has 1 atom stereocenters. The average Bonchev–Trinajstić information content (AvgIpc) is 3.21. The van der Waals surface area contributed by atoms with Crippen LogP contribution in [0.15, 0.2) is 36.4 Å². The van der Waals surface area contributed by atoms with E-state index in [1.165, 1.54) is 4.68 Å². The maximum absolute atomic E-state index is 6.41. The van der Waals surface area contributed by atoms with Gasteiger partial charge in [0.2, 0.25) is 5.75 Å². The van der Waals surface area contributed by atoms with Crippen molar-refractivity contribution in [2.45, 2.75) is 6.04 Å². The summed E-state index contributed by atoms with van der Waals surface area (Å²) in [6, 6.07) is 10.4. The van der Waals surface area contributed by atoms with Gasteiger partial charge in [0, 0.05) is 12.1 Å². The van der Waals surface area contributed by atoms with Gasteiger partial charge in [-0.2, -0.15) is 4.68 Å². The van der Waals surface area contributed by atoms with Crippen molar-refractivity contribution < 1.29 is 18.9 Å². The third-order valence-corrected chi connectivity index (χ3v) is 4.12. The summed E-state index contributed by atoms with van der Waals surface area (Å²) in [5, 5.41) is 12.0. The second kappa shape index (κ2) is 7.92. The number of benzene rings is 2. The zero-order valence-electron chi connectivity index (χ0n) is 15.5. The lowest BCUT2D eigenvalue weighted by Crippen LogP contribution is -2.18. The number of rotatable bonds is 7. The third-order valence-electron chi connectivity index (χ3n) is 4.12. The minimum absolute atomic E-state index is 0.456. The second-order valence-corrected chi connectivity index (χ2v) is 5.59. The van der Waals surface area contributed by atoms with Crippen LogP contribution in [-0.2, 0) is 0 Å². The smallest absolute Gasteiger partial charge is 0.203 e. The van der Waals surface area contributed by atoms with Crippen LogP contribution in [-0.4, -0.2) is 48.6 Å². The number of ether oxygens (including phenoxy) is 4. The molecule has 0 aliphatic carbocycles. The Hall–Kier alpha value is -3.33. The van der Waals surface area contributed by atoms with Gasteiger partial charge < -0.3 is 24.7 Å². The van der Waals surface area contributed by atoms with Crippen LogP contribution < -0.4 is 24.7 Å². The van der Waals surface area contributed by atoms with Crippen molar-refractivity contribution >= 4 is 0 Å². The van der Waals surface area contributed by atoms with Gasteiger partial charge in [-0.05, 0) is 28.1 Å². The highest BCUT2D eigenvalue weighted by Crippen LogP contribution is 2.39. The van der Waals surface area contributed by atoms with Crippen LogP contribution in [0.2, 0.25) is 0 Å². The summed E-state index contributed by atoms with van der Waals surface area (Å²) in [6.07, 6.45) is 0. The summed E-state index contributed by atoms with van der Waals surface area (Å²) in [5.41, 5.74) is 7.86. The van der Waals surface area contributed by atoms with E-state index in [1.807, 2.05) is 24.3 Å². The van der Waals surface area contributed by atoms with Crippen LogP contribution in [0.1, 0.15) is 17.4 Å². The fourth-order valence-corrected chi connectivity index (χ4v) is 2.75. The Balaban J connectivity index is 2.07. The molecule has 3 rings (SSSR count). The van der Waals surface area contributed by atoms with E-state index in [0.29, 0.717) is 34.5 Å². The zero-order valence-corrected chi connectivity index (χ0v) is 15.5. The number of nitrogens with two attached hydrogens (primary N) is 1. The Bertz CT molecular complexity index is 903. The molecule has 0 bridgehead atoms. The van der Waals surface area contributed by atoms with Gasteiger partial charge in [0.05, 0.1) is 40.2 Å². The first-order valence-electron chi connectivity index (χ1n) is 8.11. The summed E-state index contributed by atoms with van der Waals surface area (Å²) in [6.45, 7) is 0. The molecule has 1 aromatic heterocycles. The van der Waals surface area contributed by atoms with E-state index in [9.17, 15) is 0 Å². The quantitative estimate of drug-likeness (QED) is 0.669. The van der Waals surface area contributed by atoms with Gasteiger partial charge in [-0.15, -0.1) is 5.10 Å². The SMILES string of the molecule is COc1cccc(C(N)c2nnnn2-c2cc(OC)c(OC)c(OC)c2)c1. The molecule has 1 heterocycles. The van der Waals surface area contributed by atoms with Crippen molar-refractivity contribution in [1.29, 1.82) is 0 Å². The molecule has 2 N–H and O–H groups in total. The normalized spacial score (nSPS) is 11.7. The molecule has 0 amide bonds. The van der Waals surface area contributed by atoms with E-state index >= 15 is 0 Å². The standard InChI is InChI=1S/C18H21N5O4/c1-24-13-7-5-6-11(8-13)16(19)18-20-21-22-23(18)12-9-14(25-2)17(27-4)15(10-12)26-3/h5-10,16H,19H2,1-4H3. The zero-order chi connectivity index (χ0) is 19.4. The van der Waals surface area contributed by atoms with Crippen molar-refractivity contribution in [3.8, 4) is 28.7 Å². The highest BCUT2D eigenvalue weighted by atomic mass is 16.5. The van der Waals surface area contributed by atoms with Gasteiger partial charge in [0.15, 0.2) is 17.3 Å². The summed E-state index contributed by atoms with van der Waals surface area (Å²) >= 11 is 0. The van der Waals surface area contributed by atoms with E-state index in [1.54, 1.807) is 40.6 Å². The van der Waals surface area contributed by atoms with Gasteiger partial charge >= 0.3 is 0 Å². The summed E-state index contributed by atoms with van der Waals surface area (Å²) in [5.74, 6) is 2.62. The van der Waals surface area contributed by atoms with Crippen LogP contribution in [0.25, 0.3) is 5.69 Å². The lowest BCUT2D eigenvalue weighted by Gasteiger charge is -2.16. The lowest BCUT2D eigenvalue weighted by atomic mass is 10.1. The predicted octanol–water partition coefficient (Wildman–Crippen LogP) is 1.74. The number of hydrogen-bond donors (Lipinski definition) is 1. The minimum Gasteiger partial charge on any atom is -0.497 e. The predicted molar refractivity (Wildman–Crippen MR) is 97.8 cm³/mol. The third kappa shape index (κ3) is 3.49. The molecule has 0 radical (unpaired) electrons. The second-order valence-electron chi connectivity index (χ2n) is 5.59. The van der Waals surface area contributed by atoms with Crippen molar-refractivity contribution in [1.82, 2.24) is 20.2 Å². The number of hydrogen-bond acceptors (Lipinski definition) is 8. The van der Waals surface area contributed by atoms with E-state index in [4.69, 9.17) is 24.7 Å². The van der Waals surface area contributed by atoms with Crippen molar-refractivity contribution in [3.63, 3.8) is 0 Å². The number of nitrogens with zero attached hydrogens (tertiary/aromatic N) is 4. The maximum Gasteiger partial charge on any atom is 0.203 e. The van der Waals surface area contributed by atoms with Gasteiger partial charge in [-0.25, -0.2) is 0 Å². The summed E-state index contributed by atoms with van der Waals surface area (Å²) in [7, 11) is 6.24. The van der Waals surface area contributed by atoms with E-state index in [0.717, 1.165) is 5.56 Å². The average molecular weight is 371 g/mol. The lowest BCUT2D eigenvalue weighted by molar-refractivity contribution is 0.324. The maximum atomic E-state index is 6.41. The first-order chi connectivity index (χ1) is 13.1. The fourth-order valence-electron chi connectivity index (χ4n) is 2.75. The first-order valence-corrected chi connectivity index (χ1v) is 8.11. The van der Waals surface area contributed by atoms with Crippen LogP contribution >= 0.6 is 0 Å². The molecule has 142 valence electrons. The van der Waals surface area contributed by atoms with Crippen LogP contribution in [0.4, 0.5) is 0 Å². The molecular weight excluding hydrogens is 350 g/mol. The minimum atomic E-state index is -0.561. The topological polar surface area (TPSA) is 107 Å². The Morgan fingerprint density at radius 1 is 0.926 bits per heavy atom. The van der Waals surface area contributed by atoms with Gasteiger partial charge in [0.1, 0.15) is 5.75 Å². The van der Waals surface area contributed by atoms with Crippen molar-refractivity contribution in [2.75, 3.05) is 28.4 Å². The molecule has 0 fully saturated rings. The molecule has 2 aromatic carbocycles. The molecule has 27 heavy (non-hydrogen) atoms. The molecule has 9 nitrogen and oxygen atoms in total. The van der Waals surface area contributed by atoms with Gasteiger partial charge in [0.25, 0.3) is 0 Å². The highest BCUT2D eigenvalue weighted by Gasteiger charge is 2.21. The van der Waals surface area contributed by atoms with Crippen molar-refractivity contribution in [2.24, 2.45) is 5.73 Å². The summed E-state index contributed by atoms with van der Waals surface area (Å²) < 4.78 is 22.9. The Kier molecular flexibility index (Phi) is 5.41. The van der Waals surface area contributed by atoms with E-state index < -0.39 is 6.04 Å². The molecule has 0 aliphatic rings. The molecule has 0 aliphatic heterocycles. The number of aromatic nitrogens is 4. The Labute approximate surface area is 156 Å². The Morgan fingerprint density at radius 3 is 2.22 bits per heavy atom. The molecule has 0 saturated carbocycles. The highest BCUT2D eigenvalue weighted by molar-refractivity contribution is 5.58. The van der Waals surface area contributed by atoms with Crippen LogP contribution in [0.5, 0.6) is 23.0 Å². The summed E-state index contributed by atoms with van der Waals surface area (Å²) in [4.78, 5) is 0. The van der Waals surface area contributed by atoms with E-state index in [2.05, 4.69) is 15.5 Å². The Morgan fingerprint density at radius 2 is 1.63 bits per heavy atom. The molecule has 3 aromatic rings. The van der Waals surface area contributed by atoms with Gasteiger partial charge in [-0.1, -0.05) is 12.1 Å². The fraction of sp³-hybridized carbons (Fsp3) is 0.278.